The van der Waals surface area contributed by atoms with Gasteiger partial charge < -0.3 is 10.5 Å². The van der Waals surface area contributed by atoms with Gasteiger partial charge >= 0.3 is 6.18 Å². The first-order chi connectivity index (χ1) is 9.86. The molecule has 0 fully saturated rings. The number of alkyl halides is 3. The van der Waals surface area contributed by atoms with E-state index in [1.807, 2.05) is 0 Å². The molecule has 0 radical (unpaired) electrons. The van der Waals surface area contributed by atoms with Crippen LogP contribution < -0.4 is 5.73 Å². The summed E-state index contributed by atoms with van der Waals surface area (Å²) in [6.45, 7) is 0.0661. The van der Waals surface area contributed by atoms with E-state index in [4.69, 9.17) is 22.1 Å². The molecule has 0 aliphatic carbocycles. The second-order valence-corrected chi connectivity index (χ2v) is 4.97. The molecule has 0 unspecified atom stereocenters. The number of benzene rings is 2. The molecular formula is C15H13ClF3NO. The number of nitrogens with two attached hydrogens (primary N) is 1. The van der Waals surface area contributed by atoms with Crippen LogP contribution in [0.1, 0.15) is 16.7 Å². The molecule has 0 aromatic heterocycles. The summed E-state index contributed by atoms with van der Waals surface area (Å²) >= 11 is 5.75. The molecular weight excluding hydrogens is 303 g/mol. The normalized spacial score (nSPS) is 11.6. The lowest BCUT2D eigenvalue weighted by Gasteiger charge is -2.14. The molecule has 0 saturated heterocycles. The lowest BCUT2D eigenvalue weighted by atomic mass is 10.1. The maximum absolute atomic E-state index is 12.9. The van der Waals surface area contributed by atoms with Gasteiger partial charge in [0.2, 0.25) is 0 Å². The summed E-state index contributed by atoms with van der Waals surface area (Å²) in [5.74, 6) is 0. The van der Waals surface area contributed by atoms with Crippen molar-refractivity contribution >= 4 is 17.3 Å². The van der Waals surface area contributed by atoms with Crippen LogP contribution in [0, 0.1) is 0 Å². The largest absolute Gasteiger partial charge is 0.416 e. The summed E-state index contributed by atoms with van der Waals surface area (Å²) in [6, 6.07) is 10.6. The van der Waals surface area contributed by atoms with Crippen molar-refractivity contribution in [3.05, 3.63) is 64.2 Å². The van der Waals surface area contributed by atoms with Gasteiger partial charge in [-0.2, -0.15) is 13.2 Å². The molecule has 2 aromatic carbocycles. The molecule has 21 heavy (non-hydrogen) atoms. The van der Waals surface area contributed by atoms with Gasteiger partial charge in [-0.3, -0.25) is 0 Å². The number of hydrogen-bond acceptors (Lipinski definition) is 2. The Morgan fingerprint density at radius 1 is 1.00 bits per heavy atom. The third-order valence-corrected chi connectivity index (χ3v) is 3.13. The zero-order chi connectivity index (χ0) is 15.5. The van der Waals surface area contributed by atoms with Crippen molar-refractivity contribution in [1.82, 2.24) is 0 Å². The van der Waals surface area contributed by atoms with Crippen LogP contribution in [-0.2, 0) is 24.1 Å². The summed E-state index contributed by atoms with van der Waals surface area (Å²) < 4.78 is 44.0. The molecule has 0 spiro atoms. The highest BCUT2D eigenvalue weighted by atomic mass is 35.5. The third kappa shape index (κ3) is 4.37. The van der Waals surface area contributed by atoms with Gasteiger partial charge in [-0.1, -0.05) is 29.8 Å². The molecule has 0 saturated carbocycles. The van der Waals surface area contributed by atoms with Crippen LogP contribution >= 0.6 is 11.6 Å². The second-order valence-electron chi connectivity index (χ2n) is 4.53. The van der Waals surface area contributed by atoms with Gasteiger partial charge in [0.15, 0.2) is 0 Å². The molecule has 112 valence electrons. The predicted molar refractivity (Wildman–Crippen MR) is 75.8 cm³/mol. The van der Waals surface area contributed by atoms with E-state index in [1.165, 1.54) is 12.1 Å². The first-order valence-corrected chi connectivity index (χ1v) is 6.52. The molecule has 0 heterocycles. The summed E-state index contributed by atoms with van der Waals surface area (Å²) in [6.07, 6.45) is -4.45. The Morgan fingerprint density at radius 3 is 2.29 bits per heavy atom. The second kappa shape index (κ2) is 6.37. The Kier molecular flexibility index (Phi) is 4.75. The Labute approximate surface area is 125 Å². The summed E-state index contributed by atoms with van der Waals surface area (Å²) in [5.41, 5.74) is 5.61. The number of nitrogen functional groups attached to an aromatic ring is 1. The molecule has 2 N–H and O–H groups in total. The highest BCUT2D eigenvalue weighted by Gasteiger charge is 2.33. The van der Waals surface area contributed by atoms with Crippen LogP contribution in [0.25, 0.3) is 0 Å². The van der Waals surface area contributed by atoms with E-state index in [2.05, 4.69) is 0 Å². The number of rotatable bonds is 4. The topological polar surface area (TPSA) is 35.2 Å². The van der Waals surface area contributed by atoms with Crippen LogP contribution in [0.3, 0.4) is 0 Å². The van der Waals surface area contributed by atoms with Crippen molar-refractivity contribution in [3.63, 3.8) is 0 Å². The van der Waals surface area contributed by atoms with Crippen molar-refractivity contribution in [2.24, 2.45) is 0 Å². The van der Waals surface area contributed by atoms with Crippen molar-refractivity contribution in [2.75, 3.05) is 5.73 Å². The lowest BCUT2D eigenvalue weighted by molar-refractivity contribution is -0.138. The fraction of sp³-hybridized carbons (Fsp3) is 0.200. The van der Waals surface area contributed by atoms with Gasteiger partial charge in [0, 0.05) is 10.7 Å². The minimum atomic E-state index is -4.45. The van der Waals surface area contributed by atoms with Gasteiger partial charge in [-0.05, 0) is 35.4 Å². The smallest absolute Gasteiger partial charge is 0.399 e. The maximum atomic E-state index is 12.9. The standard InChI is InChI=1S/C15H13ClF3NO/c16-12-4-1-10(2-5-12)8-21-9-11-3-6-13(20)7-14(11)15(17,18)19/h1-7H,8-9,20H2. The minimum Gasteiger partial charge on any atom is -0.399 e. The van der Waals surface area contributed by atoms with Crippen molar-refractivity contribution in [3.8, 4) is 0 Å². The molecule has 0 bridgehead atoms. The van der Waals surface area contributed by atoms with Crippen LogP contribution in [0.2, 0.25) is 5.02 Å². The van der Waals surface area contributed by atoms with E-state index >= 15 is 0 Å². The summed E-state index contributed by atoms with van der Waals surface area (Å²) in [5, 5.41) is 0.594. The van der Waals surface area contributed by atoms with Crippen molar-refractivity contribution in [1.29, 1.82) is 0 Å². The highest BCUT2D eigenvalue weighted by Crippen LogP contribution is 2.33. The Bertz CT molecular complexity index is 611. The zero-order valence-corrected chi connectivity index (χ0v) is 11.7. The minimum absolute atomic E-state index is 0.0608. The molecule has 2 aromatic rings. The Hall–Kier alpha value is -1.72. The SMILES string of the molecule is Nc1ccc(COCc2ccc(Cl)cc2)c(C(F)(F)F)c1. The number of ether oxygens (including phenoxy) is 1. The lowest BCUT2D eigenvalue weighted by Crippen LogP contribution is -2.11. The monoisotopic (exact) mass is 315 g/mol. The van der Waals surface area contributed by atoms with Gasteiger partial charge in [0.05, 0.1) is 18.8 Å². The first kappa shape index (κ1) is 15.7. The van der Waals surface area contributed by atoms with Gasteiger partial charge in [0.1, 0.15) is 0 Å². The number of hydrogen-bond donors (Lipinski definition) is 1. The quantitative estimate of drug-likeness (QED) is 0.833. The van der Waals surface area contributed by atoms with E-state index in [-0.39, 0.29) is 24.5 Å². The number of anilines is 1. The van der Waals surface area contributed by atoms with E-state index in [1.54, 1.807) is 24.3 Å². The van der Waals surface area contributed by atoms with E-state index in [9.17, 15) is 13.2 Å². The molecule has 0 aliphatic rings. The Balaban J connectivity index is 2.05. The van der Waals surface area contributed by atoms with Crippen LogP contribution in [0.4, 0.5) is 18.9 Å². The average Bonchev–Trinajstić information content (AvgIpc) is 2.41. The summed E-state index contributed by atoms with van der Waals surface area (Å²) in [4.78, 5) is 0. The van der Waals surface area contributed by atoms with Crippen LogP contribution in [0.15, 0.2) is 42.5 Å². The molecule has 0 amide bonds. The summed E-state index contributed by atoms with van der Waals surface area (Å²) in [7, 11) is 0. The van der Waals surface area contributed by atoms with Gasteiger partial charge in [-0.25, -0.2) is 0 Å². The molecule has 2 rings (SSSR count). The third-order valence-electron chi connectivity index (χ3n) is 2.88. The Morgan fingerprint density at radius 2 is 1.67 bits per heavy atom. The van der Waals surface area contributed by atoms with Gasteiger partial charge in [0.25, 0.3) is 0 Å². The van der Waals surface area contributed by atoms with E-state index in [0.29, 0.717) is 5.02 Å². The fourth-order valence-corrected chi connectivity index (χ4v) is 1.97. The van der Waals surface area contributed by atoms with Crippen molar-refractivity contribution < 1.29 is 17.9 Å². The van der Waals surface area contributed by atoms with E-state index in [0.717, 1.165) is 11.6 Å². The molecule has 0 atom stereocenters. The van der Waals surface area contributed by atoms with Crippen molar-refractivity contribution in [2.45, 2.75) is 19.4 Å². The highest BCUT2D eigenvalue weighted by molar-refractivity contribution is 6.30. The van der Waals surface area contributed by atoms with E-state index < -0.39 is 11.7 Å². The first-order valence-electron chi connectivity index (χ1n) is 6.14. The zero-order valence-electron chi connectivity index (χ0n) is 11.0. The molecule has 6 heteroatoms. The van der Waals surface area contributed by atoms with Crippen LogP contribution in [-0.4, -0.2) is 0 Å². The van der Waals surface area contributed by atoms with Crippen LogP contribution in [0.5, 0.6) is 0 Å². The predicted octanol–water partition coefficient (Wildman–Crippen LogP) is 4.66. The van der Waals surface area contributed by atoms with Gasteiger partial charge in [-0.15, -0.1) is 0 Å². The average molecular weight is 316 g/mol. The number of halogens is 4. The fourth-order valence-electron chi connectivity index (χ4n) is 1.84. The molecule has 0 aliphatic heterocycles. The maximum Gasteiger partial charge on any atom is 0.416 e. The molecule has 2 nitrogen and oxygen atoms in total.